The van der Waals surface area contributed by atoms with Crippen molar-refractivity contribution >= 4 is 17.6 Å². The molecule has 3 unspecified atom stereocenters. The molecule has 12 heteroatoms. The number of halogens is 3. The van der Waals surface area contributed by atoms with Crippen molar-refractivity contribution in [2.75, 3.05) is 5.73 Å². The van der Waals surface area contributed by atoms with Crippen LogP contribution in [0.25, 0.3) is 11.3 Å². The third-order valence-corrected chi connectivity index (χ3v) is 6.14. The van der Waals surface area contributed by atoms with Crippen LogP contribution in [0.1, 0.15) is 40.9 Å². The van der Waals surface area contributed by atoms with Crippen LogP contribution < -0.4 is 16.8 Å². The number of nitrogen functional groups attached to an aromatic ring is 1. The predicted molar refractivity (Wildman–Crippen MR) is 110 cm³/mol. The summed E-state index contributed by atoms with van der Waals surface area (Å²) in [6, 6.07) is 2.97. The topological polar surface area (TPSA) is 153 Å². The van der Waals surface area contributed by atoms with Crippen molar-refractivity contribution in [1.82, 2.24) is 15.3 Å². The third kappa shape index (κ3) is 3.89. The molecule has 2 saturated heterocycles. The summed E-state index contributed by atoms with van der Waals surface area (Å²) < 4.78 is 46.2. The van der Waals surface area contributed by atoms with Crippen molar-refractivity contribution < 1.29 is 32.6 Å². The summed E-state index contributed by atoms with van der Waals surface area (Å²) in [4.78, 5) is 32.5. The van der Waals surface area contributed by atoms with E-state index in [-0.39, 0.29) is 41.0 Å². The molecule has 2 aliphatic heterocycles. The standard InChI is InChI=1S/C21H22F3N5O4/c1-9-2-3-10(20(32,19(26)31)21(22,23)24)6-12(9)14-8-27-17(25)16(28-14)18(30)29-13-7-11-4-5-15(13)33-11/h2-3,6,8,11,13,15,32H,4-5,7H2,1H3,(H2,25,27)(H2,26,31)(H,29,30)/t11?,13-,15?,20?/m0/s1. The number of primary amides is 1. The van der Waals surface area contributed by atoms with E-state index in [1.54, 1.807) is 6.92 Å². The van der Waals surface area contributed by atoms with Gasteiger partial charge in [0, 0.05) is 11.1 Å². The molecule has 0 aliphatic carbocycles. The van der Waals surface area contributed by atoms with E-state index in [9.17, 15) is 27.9 Å². The number of nitrogens with two attached hydrogens (primary N) is 2. The third-order valence-electron chi connectivity index (χ3n) is 6.14. The quantitative estimate of drug-likeness (QED) is 0.519. The molecule has 176 valence electrons. The van der Waals surface area contributed by atoms with Crippen LogP contribution in [0, 0.1) is 6.92 Å². The number of amides is 2. The van der Waals surface area contributed by atoms with Crippen molar-refractivity contribution in [1.29, 1.82) is 0 Å². The number of nitrogens with one attached hydrogen (secondary N) is 1. The lowest BCUT2D eigenvalue weighted by molar-refractivity contribution is -0.255. The first-order valence-electron chi connectivity index (χ1n) is 10.2. The predicted octanol–water partition coefficient (Wildman–Crippen LogP) is 1.32. The van der Waals surface area contributed by atoms with Gasteiger partial charge in [-0.1, -0.05) is 12.1 Å². The van der Waals surface area contributed by atoms with Crippen LogP contribution in [0.5, 0.6) is 0 Å². The maximum atomic E-state index is 13.5. The summed E-state index contributed by atoms with van der Waals surface area (Å²) in [5, 5.41) is 13.0. The van der Waals surface area contributed by atoms with Crippen LogP contribution in [-0.4, -0.2) is 51.3 Å². The van der Waals surface area contributed by atoms with Crippen LogP contribution >= 0.6 is 0 Å². The molecule has 2 bridgehead atoms. The number of fused-ring (bicyclic) bond motifs is 2. The van der Waals surface area contributed by atoms with Crippen molar-refractivity contribution in [3.05, 3.63) is 41.2 Å². The lowest BCUT2D eigenvalue weighted by Gasteiger charge is -2.28. The Hall–Kier alpha value is -3.25. The Balaban J connectivity index is 1.69. The highest BCUT2D eigenvalue weighted by Gasteiger charge is 2.60. The molecule has 6 N–H and O–H groups in total. The summed E-state index contributed by atoms with van der Waals surface area (Å²) in [6.45, 7) is 1.58. The van der Waals surface area contributed by atoms with E-state index in [0.717, 1.165) is 25.0 Å². The normalized spacial score (nSPS) is 23.8. The highest BCUT2D eigenvalue weighted by atomic mass is 19.4. The molecule has 1 aromatic carbocycles. The van der Waals surface area contributed by atoms with E-state index in [1.807, 2.05) is 0 Å². The minimum Gasteiger partial charge on any atom is -0.382 e. The molecule has 3 heterocycles. The maximum absolute atomic E-state index is 13.5. The lowest BCUT2D eigenvalue weighted by Crippen LogP contribution is -2.52. The smallest absolute Gasteiger partial charge is 0.382 e. The second-order valence-corrected chi connectivity index (χ2v) is 8.28. The van der Waals surface area contributed by atoms with Crippen molar-refractivity contribution in [2.45, 2.75) is 56.2 Å². The molecule has 2 amide bonds. The van der Waals surface area contributed by atoms with Gasteiger partial charge in [-0.3, -0.25) is 9.59 Å². The number of hydrogen-bond donors (Lipinski definition) is 4. The van der Waals surface area contributed by atoms with E-state index in [4.69, 9.17) is 16.2 Å². The largest absolute Gasteiger partial charge is 0.430 e. The summed E-state index contributed by atoms with van der Waals surface area (Å²) in [5.41, 5.74) is 6.45. The summed E-state index contributed by atoms with van der Waals surface area (Å²) in [7, 11) is 0. The number of ether oxygens (including phenoxy) is 1. The number of carbonyl (C=O) groups excluding carboxylic acids is 2. The van der Waals surface area contributed by atoms with Gasteiger partial charge in [-0.15, -0.1) is 0 Å². The number of carbonyl (C=O) groups is 2. The highest BCUT2D eigenvalue weighted by molar-refractivity contribution is 5.97. The molecule has 2 aliphatic rings. The second kappa shape index (κ2) is 7.96. The molecular weight excluding hydrogens is 443 g/mol. The fraction of sp³-hybridized carbons (Fsp3) is 0.429. The average molecular weight is 465 g/mol. The zero-order valence-electron chi connectivity index (χ0n) is 17.5. The fourth-order valence-electron chi connectivity index (χ4n) is 4.29. The molecule has 4 rings (SSSR count). The van der Waals surface area contributed by atoms with Crippen LogP contribution in [0.15, 0.2) is 24.4 Å². The summed E-state index contributed by atoms with van der Waals surface area (Å²) in [6.07, 6.45) is -1.68. The van der Waals surface area contributed by atoms with Crippen LogP contribution in [0.2, 0.25) is 0 Å². The number of aliphatic hydroxyl groups is 1. The van der Waals surface area contributed by atoms with Gasteiger partial charge >= 0.3 is 6.18 Å². The molecule has 0 spiro atoms. The molecule has 33 heavy (non-hydrogen) atoms. The molecule has 9 nitrogen and oxygen atoms in total. The molecule has 0 saturated carbocycles. The Morgan fingerprint density at radius 1 is 1.27 bits per heavy atom. The Morgan fingerprint density at radius 2 is 2.00 bits per heavy atom. The summed E-state index contributed by atoms with van der Waals surface area (Å²) in [5.74, 6) is -2.71. The molecule has 0 radical (unpaired) electrons. The molecule has 2 fully saturated rings. The monoisotopic (exact) mass is 465 g/mol. The number of benzene rings is 1. The number of hydrogen-bond acceptors (Lipinski definition) is 7. The second-order valence-electron chi connectivity index (χ2n) is 8.28. The van der Waals surface area contributed by atoms with Gasteiger partial charge in [-0.05, 0) is 37.8 Å². The molecular formula is C21H22F3N5O4. The lowest BCUT2D eigenvalue weighted by atomic mass is 9.89. The van der Waals surface area contributed by atoms with E-state index >= 15 is 0 Å². The molecule has 2 aromatic rings. The van der Waals surface area contributed by atoms with Gasteiger partial charge in [-0.25, -0.2) is 9.97 Å². The van der Waals surface area contributed by atoms with E-state index in [1.165, 1.54) is 12.3 Å². The number of aryl methyl sites for hydroxylation is 1. The van der Waals surface area contributed by atoms with E-state index in [0.29, 0.717) is 12.0 Å². The number of rotatable bonds is 5. The van der Waals surface area contributed by atoms with Gasteiger partial charge in [-0.2, -0.15) is 13.2 Å². The number of aromatic nitrogens is 2. The molecule has 1 aromatic heterocycles. The first-order valence-corrected chi connectivity index (χ1v) is 10.2. The van der Waals surface area contributed by atoms with Gasteiger partial charge in [0.25, 0.3) is 17.4 Å². The van der Waals surface area contributed by atoms with Gasteiger partial charge < -0.3 is 26.6 Å². The first kappa shape index (κ1) is 22.9. The maximum Gasteiger partial charge on any atom is 0.430 e. The van der Waals surface area contributed by atoms with Gasteiger partial charge in [0.15, 0.2) is 11.5 Å². The number of anilines is 1. The highest BCUT2D eigenvalue weighted by Crippen LogP contribution is 2.40. The first-order chi connectivity index (χ1) is 15.4. The van der Waals surface area contributed by atoms with Crippen LogP contribution in [0.4, 0.5) is 19.0 Å². The van der Waals surface area contributed by atoms with Gasteiger partial charge in [0.05, 0.1) is 30.1 Å². The average Bonchev–Trinajstić information content (AvgIpc) is 3.36. The minimum absolute atomic E-state index is 0.0342. The zero-order valence-corrected chi connectivity index (χ0v) is 17.5. The van der Waals surface area contributed by atoms with Crippen molar-refractivity contribution in [3.63, 3.8) is 0 Å². The Labute approximate surface area is 186 Å². The SMILES string of the molecule is Cc1ccc(C(O)(C(N)=O)C(F)(F)F)cc1-c1cnc(N)c(C(=O)N[C@H]2CC3CCC2O3)n1. The van der Waals surface area contributed by atoms with E-state index in [2.05, 4.69) is 15.3 Å². The van der Waals surface area contributed by atoms with Crippen molar-refractivity contribution in [2.24, 2.45) is 5.73 Å². The van der Waals surface area contributed by atoms with Crippen LogP contribution in [0.3, 0.4) is 0 Å². The fourth-order valence-corrected chi connectivity index (χ4v) is 4.29. The van der Waals surface area contributed by atoms with Gasteiger partial charge in [0.2, 0.25) is 0 Å². The Bertz CT molecular complexity index is 1130. The van der Waals surface area contributed by atoms with Crippen molar-refractivity contribution in [3.8, 4) is 11.3 Å². The number of alkyl halides is 3. The van der Waals surface area contributed by atoms with E-state index < -0.39 is 29.2 Å². The summed E-state index contributed by atoms with van der Waals surface area (Å²) >= 11 is 0. The number of nitrogens with zero attached hydrogens (tertiary/aromatic N) is 2. The van der Waals surface area contributed by atoms with Gasteiger partial charge in [0.1, 0.15) is 0 Å². The van der Waals surface area contributed by atoms with Crippen LogP contribution in [-0.2, 0) is 15.1 Å². The minimum atomic E-state index is -5.36. The Kier molecular flexibility index (Phi) is 5.53. The Morgan fingerprint density at radius 3 is 2.58 bits per heavy atom. The zero-order chi connectivity index (χ0) is 24.1. The molecule has 4 atom stereocenters.